The highest BCUT2D eigenvalue weighted by Gasteiger charge is 2.20. The predicted octanol–water partition coefficient (Wildman–Crippen LogP) is 4.51. The number of hydrogen-bond donors (Lipinski definition) is 0. The molecule has 0 bridgehead atoms. The average molecular weight is 267 g/mol. The molecule has 1 aromatic carbocycles. The Labute approximate surface area is 123 Å². The van der Waals surface area contributed by atoms with Crippen LogP contribution in [0.5, 0.6) is 0 Å². The molecule has 0 saturated carbocycles. The van der Waals surface area contributed by atoms with Gasteiger partial charge in [0.2, 0.25) is 0 Å². The summed E-state index contributed by atoms with van der Waals surface area (Å²) < 4.78 is 0. The van der Waals surface area contributed by atoms with Gasteiger partial charge in [-0.15, -0.1) is 0 Å². The highest BCUT2D eigenvalue weighted by Crippen LogP contribution is 2.23. The Morgan fingerprint density at radius 3 is 2.65 bits per heavy atom. The lowest BCUT2D eigenvalue weighted by atomic mass is 9.97. The van der Waals surface area contributed by atoms with Gasteiger partial charge in [0, 0.05) is 19.1 Å². The molecule has 1 aromatic rings. The fraction of sp³-hybridized carbons (Fsp3) is 0.368. The maximum atomic E-state index is 3.75. The summed E-state index contributed by atoms with van der Waals surface area (Å²) in [6, 6.07) is 9.29. The van der Waals surface area contributed by atoms with Crippen LogP contribution in [0.3, 0.4) is 0 Å². The minimum Gasteiger partial charge on any atom is -0.292 e. The van der Waals surface area contributed by atoms with Crippen molar-refractivity contribution >= 4 is 0 Å². The largest absolute Gasteiger partial charge is 0.292 e. The van der Waals surface area contributed by atoms with E-state index in [4.69, 9.17) is 0 Å². The minimum atomic E-state index is 0.483. The molecule has 106 valence electrons. The third-order valence-electron chi connectivity index (χ3n) is 4.20. The van der Waals surface area contributed by atoms with E-state index in [2.05, 4.69) is 68.7 Å². The number of nitrogens with zero attached hydrogens (tertiary/aromatic N) is 1. The van der Waals surface area contributed by atoms with Crippen molar-refractivity contribution in [3.05, 3.63) is 71.3 Å². The van der Waals surface area contributed by atoms with Crippen LogP contribution in [-0.4, -0.2) is 17.5 Å². The molecule has 20 heavy (non-hydrogen) atoms. The highest BCUT2D eigenvalue weighted by atomic mass is 15.2. The molecule has 0 amide bonds. The van der Waals surface area contributed by atoms with Crippen molar-refractivity contribution in [1.82, 2.24) is 4.90 Å². The Kier molecular flexibility index (Phi) is 4.97. The smallest absolute Gasteiger partial charge is 0.0283 e. The van der Waals surface area contributed by atoms with E-state index in [1.807, 2.05) is 6.08 Å². The summed E-state index contributed by atoms with van der Waals surface area (Å²) in [5.74, 6) is 0. The summed E-state index contributed by atoms with van der Waals surface area (Å²) in [6.45, 7) is 12.6. The molecule has 1 unspecified atom stereocenters. The monoisotopic (exact) mass is 267 g/mol. The first-order chi connectivity index (χ1) is 9.61. The van der Waals surface area contributed by atoms with E-state index >= 15 is 0 Å². The second kappa shape index (κ2) is 6.71. The highest BCUT2D eigenvalue weighted by molar-refractivity contribution is 5.31. The predicted molar refractivity (Wildman–Crippen MR) is 87.7 cm³/mol. The topological polar surface area (TPSA) is 3.24 Å². The minimum absolute atomic E-state index is 0.483. The SMILES string of the molecule is C=C/C=C(C)\C=C(/C)C(C)N1CCc2ccccc2C1. The molecule has 2 rings (SSSR count). The molecule has 1 nitrogen and oxygen atoms in total. The van der Waals surface area contributed by atoms with Crippen LogP contribution in [0, 0.1) is 0 Å². The van der Waals surface area contributed by atoms with Crippen molar-refractivity contribution < 1.29 is 0 Å². The molecular formula is C19H25N. The average Bonchev–Trinajstić information content (AvgIpc) is 2.46. The maximum Gasteiger partial charge on any atom is 0.0283 e. The third kappa shape index (κ3) is 3.49. The van der Waals surface area contributed by atoms with Crippen LogP contribution in [0.2, 0.25) is 0 Å². The zero-order valence-electron chi connectivity index (χ0n) is 12.9. The summed E-state index contributed by atoms with van der Waals surface area (Å²) >= 11 is 0. The van der Waals surface area contributed by atoms with Gasteiger partial charge in [0.1, 0.15) is 0 Å². The molecule has 0 aliphatic carbocycles. The zero-order chi connectivity index (χ0) is 14.5. The summed E-state index contributed by atoms with van der Waals surface area (Å²) in [5, 5.41) is 0. The molecule has 1 aliphatic rings. The summed E-state index contributed by atoms with van der Waals surface area (Å²) in [4.78, 5) is 2.56. The van der Waals surface area contributed by atoms with E-state index in [0.29, 0.717) is 6.04 Å². The van der Waals surface area contributed by atoms with Crippen molar-refractivity contribution in [2.24, 2.45) is 0 Å². The van der Waals surface area contributed by atoms with Gasteiger partial charge in [-0.25, -0.2) is 0 Å². The van der Waals surface area contributed by atoms with Gasteiger partial charge >= 0.3 is 0 Å². The number of benzene rings is 1. The molecular weight excluding hydrogens is 242 g/mol. The molecule has 0 N–H and O–H groups in total. The van der Waals surface area contributed by atoms with Crippen LogP contribution in [-0.2, 0) is 13.0 Å². The Morgan fingerprint density at radius 1 is 1.25 bits per heavy atom. The van der Waals surface area contributed by atoms with Crippen LogP contribution >= 0.6 is 0 Å². The standard InChI is InChI=1S/C19H25N/c1-5-8-15(2)13-16(3)17(4)20-12-11-18-9-6-7-10-19(18)14-20/h5-10,13,17H,1,11-12,14H2,2-4H3/b15-8-,16-13+. The maximum absolute atomic E-state index is 3.75. The fourth-order valence-corrected chi connectivity index (χ4v) is 2.85. The Morgan fingerprint density at radius 2 is 1.95 bits per heavy atom. The van der Waals surface area contributed by atoms with Crippen LogP contribution in [0.1, 0.15) is 31.9 Å². The second-order valence-electron chi connectivity index (χ2n) is 5.70. The van der Waals surface area contributed by atoms with Gasteiger partial charge < -0.3 is 0 Å². The molecule has 0 fully saturated rings. The molecule has 1 heteroatoms. The first kappa shape index (κ1) is 14.8. The van der Waals surface area contributed by atoms with E-state index < -0.39 is 0 Å². The molecule has 1 heterocycles. The van der Waals surface area contributed by atoms with Crippen molar-refractivity contribution in [3.63, 3.8) is 0 Å². The van der Waals surface area contributed by atoms with E-state index in [1.165, 1.54) is 22.3 Å². The normalized spacial score (nSPS) is 18.6. The molecule has 0 saturated heterocycles. The van der Waals surface area contributed by atoms with E-state index in [-0.39, 0.29) is 0 Å². The van der Waals surface area contributed by atoms with E-state index in [1.54, 1.807) is 0 Å². The lowest BCUT2D eigenvalue weighted by Gasteiger charge is -2.34. The third-order valence-corrected chi connectivity index (χ3v) is 4.20. The number of allylic oxidation sites excluding steroid dienone is 4. The van der Waals surface area contributed by atoms with Gasteiger partial charge in [0.05, 0.1) is 0 Å². The molecule has 0 aromatic heterocycles. The van der Waals surface area contributed by atoms with Gasteiger partial charge in [0.25, 0.3) is 0 Å². The van der Waals surface area contributed by atoms with Crippen LogP contribution in [0.25, 0.3) is 0 Å². The van der Waals surface area contributed by atoms with Gasteiger partial charge in [0.15, 0.2) is 0 Å². The van der Waals surface area contributed by atoms with Crippen molar-refractivity contribution in [2.75, 3.05) is 6.54 Å². The quantitative estimate of drug-likeness (QED) is 0.725. The number of hydrogen-bond acceptors (Lipinski definition) is 1. The van der Waals surface area contributed by atoms with Gasteiger partial charge in [-0.3, -0.25) is 4.90 Å². The van der Waals surface area contributed by atoms with Gasteiger partial charge in [-0.1, -0.05) is 60.2 Å². The number of fused-ring (bicyclic) bond motifs is 1. The molecule has 1 aliphatic heterocycles. The molecule has 1 atom stereocenters. The fourth-order valence-electron chi connectivity index (χ4n) is 2.85. The molecule has 0 spiro atoms. The lowest BCUT2D eigenvalue weighted by Crippen LogP contribution is -2.38. The van der Waals surface area contributed by atoms with Crippen molar-refractivity contribution in [3.8, 4) is 0 Å². The Bertz CT molecular complexity index is 536. The summed E-state index contributed by atoms with van der Waals surface area (Å²) in [5.41, 5.74) is 5.68. The summed E-state index contributed by atoms with van der Waals surface area (Å²) in [6.07, 6.45) is 7.34. The zero-order valence-corrected chi connectivity index (χ0v) is 12.9. The van der Waals surface area contributed by atoms with Crippen molar-refractivity contribution in [2.45, 2.75) is 39.8 Å². The summed E-state index contributed by atoms with van der Waals surface area (Å²) in [7, 11) is 0. The second-order valence-corrected chi connectivity index (χ2v) is 5.70. The van der Waals surface area contributed by atoms with Gasteiger partial charge in [-0.2, -0.15) is 0 Å². The molecule has 0 radical (unpaired) electrons. The van der Waals surface area contributed by atoms with Crippen LogP contribution in [0.15, 0.2) is 60.2 Å². The Balaban J connectivity index is 2.10. The van der Waals surface area contributed by atoms with Crippen LogP contribution < -0.4 is 0 Å². The lowest BCUT2D eigenvalue weighted by molar-refractivity contribution is 0.214. The number of rotatable bonds is 4. The van der Waals surface area contributed by atoms with E-state index in [0.717, 1.165) is 19.5 Å². The van der Waals surface area contributed by atoms with Gasteiger partial charge in [-0.05, 0) is 38.3 Å². The first-order valence-corrected chi connectivity index (χ1v) is 7.40. The first-order valence-electron chi connectivity index (χ1n) is 7.40. The van der Waals surface area contributed by atoms with E-state index in [9.17, 15) is 0 Å². The van der Waals surface area contributed by atoms with Crippen LogP contribution in [0.4, 0.5) is 0 Å². The van der Waals surface area contributed by atoms with Crippen molar-refractivity contribution in [1.29, 1.82) is 0 Å². The Hall–Kier alpha value is -1.60.